The first-order valence-electron chi connectivity index (χ1n) is 8.31. The molecule has 6 nitrogen and oxygen atoms in total. The van der Waals surface area contributed by atoms with E-state index in [1.54, 1.807) is 11.7 Å². The lowest BCUT2D eigenvalue weighted by molar-refractivity contribution is 0.0816. The first-order valence-corrected chi connectivity index (χ1v) is 8.69. The molecule has 1 fully saturated rings. The topological polar surface area (TPSA) is 70.4 Å². The molecule has 23 heavy (non-hydrogen) atoms. The van der Waals surface area contributed by atoms with Gasteiger partial charge in [-0.05, 0) is 31.7 Å². The molecule has 1 amide bonds. The Hall–Kier alpha value is -1.11. The van der Waals surface area contributed by atoms with Crippen LogP contribution in [0.25, 0.3) is 0 Å². The van der Waals surface area contributed by atoms with Crippen molar-refractivity contribution < 1.29 is 9.90 Å². The zero-order valence-electron chi connectivity index (χ0n) is 14.2. The summed E-state index contributed by atoms with van der Waals surface area (Å²) in [6.07, 6.45) is 2.43. The molecule has 1 aliphatic heterocycles. The van der Waals surface area contributed by atoms with E-state index in [1.165, 1.54) is 0 Å². The normalized spacial score (nSPS) is 17.0. The number of aromatic nitrogens is 2. The molecule has 0 bridgehead atoms. The molecular weight excluding hydrogens is 316 g/mol. The van der Waals surface area contributed by atoms with Gasteiger partial charge < -0.3 is 15.3 Å². The van der Waals surface area contributed by atoms with Crippen molar-refractivity contribution in [2.75, 3.05) is 26.2 Å². The first-order chi connectivity index (χ1) is 10.9. The molecule has 0 spiro atoms. The number of hydrogen-bond donors (Lipinski definition) is 2. The Kier molecular flexibility index (Phi) is 6.44. The lowest BCUT2D eigenvalue weighted by Crippen LogP contribution is -2.37. The van der Waals surface area contributed by atoms with Gasteiger partial charge in [0.25, 0.3) is 5.91 Å². The lowest BCUT2D eigenvalue weighted by atomic mass is 10.1. The van der Waals surface area contributed by atoms with Gasteiger partial charge >= 0.3 is 0 Å². The van der Waals surface area contributed by atoms with Gasteiger partial charge in [-0.25, -0.2) is 0 Å². The summed E-state index contributed by atoms with van der Waals surface area (Å²) in [5, 5.41) is 17.2. The van der Waals surface area contributed by atoms with E-state index >= 15 is 0 Å². The van der Waals surface area contributed by atoms with E-state index in [0.29, 0.717) is 17.3 Å². The van der Waals surface area contributed by atoms with Gasteiger partial charge in [0.2, 0.25) is 0 Å². The summed E-state index contributed by atoms with van der Waals surface area (Å²) in [5.41, 5.74) is 1.23. The van der Waals surface area contributed by atoms with Crippen molar-refractivity contribution in [3.05, 3.63) is 16.4 Å². The zero-order chi connectivity index (χ0) is 17.0. The molecule has 0 unspecified atom stereocenters. The summed E-state index contributed by atoms with van der Waals surface area (Å²) >= 11 is 6.21. The third-order valence-electron chi connectivity index (χ3n) is 4.27. The molecule has 2 N–H and O–H groups in total. The Labute approximate surface area is 142 Å². The molecule has 0 aromatic carbocycles. The van der Waals surface area contributed by atoms with Crippen molar-refractivity contribution in [2.24, 2.45) is 7.05 Å². The Morgan fingerprint density at radius 2 is 2.09 bits per heavy atom. The van der Waals surface area contributed by atoms with Gasteiger partial charge in [-0.15, -0.1) is 0 Å². The minimum atomic E-state index is -0.152. The van der Waals surface area contributed by atoms with Gasteiger partial charge in [-0.3, -0.25) is 9.48 Å². The lowest BCUT2D eigenvalue weighted by Gasteiger charge is -2.29. The van der Waals surface area contributed by atoms with E-state index in [1.807, 2.05) is 13.8 Å². The highest BCUT2D eigenvalue weighted by Gasteiger charge is 2.23. The van der Waals surface area contributed by atoms with Crippen LogP contribution in [0, 0.1) is 0 Å². The molecule has 130 valence electrons. The number of aliphatic hydroxyl groups is 1. The van der Waals surface area contributed by atoms with E-state index < -0.39 is 0 Å². The standard InChI is InChI=1S/C16H27ClN4O2/c1-11(2)14-13(15(17)20(3)19-14)16(23)18-7-4-8-21-9-5-12(22)6-10-21/h11-12,22H,4-10H2,1-3H3,(H,18,23). The van der Waals surface area contributed by atoms with Crippen LogP contribution in [0.4, 0.5) is 0 Å². The first kappa shape index (κ1) is 18.2. The number of nitrogens with one attached hydrogen (secondary N) is 1. The van der Waals surface area contributed by atoms with Gasteiger partial charge in [0, 0.05) is 26.7 Å². The molecule has 1 aromatic rings. The van der Waals surface area contributed by atoms with Crippen LogP contribution in [-0.4, -0.2) is 58.0 Å². The van der Waals surface area contributed by atoms with Crippen LogP contribution < -0.4 is 5.32 Å². The molecule has 2 rings (SSSR count). The Morgan fingerprint density at radius 1 is 1.43 bits per heavy atom. The molecule has 7 heteroatoms. The maximum atomic E-state index is 12.4. The number of halogens is 1. The summed E-state index contributed by atoms with van der Waals surface area (Å²) in [4.78, 5) is 14.7. The van der Waals surface area contributed by atoms with Crippen molar-refractivity contribution in [1.29, 1.82) is 0 Å². The number of nitrogens with zero attached hydrogens (tertiary/aromatic N) is 3. The van der Waals surface area contributed by atoms with E-state index in [0.717, 1.165) is 44.6 Å². The molecule has 1 saturated heterocycles. The zero-order valence-corrected chi connectivity index (χ0v) is 14.9. The summed E-state index contributed by atoms with van der Waals surface area (Å²) in [5.74, 6) is -0.00454. The summed E-state index contributed by atoms with van der Waals surface area (Å²) in [6, 6.07) is 0. The second kappa shape index (κ2) is 8.13. The molecule has 0 radical (unpaired) electrons. The van der Waals surface area contributed by atoms with E-state index in [4.69, 9.17) is 11.6 Å². The highest BCUT2D eigenvalue weighted by molar-refractivity contribution is 6.33. The van der Waals surface area contributed by atoms with Gasteiger partial charge in [0.1, 0.15) is 5.15 Å². The fraction of sp³-hybridized carbons (Fsp3) is 0.750. The number of rotatable bonds is 6. The number of carbonyl (C=O) groups excluding carboxylic acids is 1. The predicted octanol–water partition coefficient (Wildman–Crippen LogP) is 1.77. The van der Waals surface area contributed by atoms with Crippen molar-refractivity contribution in [2.45, 2.75) is 45.1 Å². The number of piperidine rings is 1. The van der Waals surface area contributed by atoms with Crippen molar-refractivity contribution in [1.82, 2.24) is 20.0 Å². The van der Waals surface area contributed by atoms with Gasteiger partial charge in [-0.2, -0.15) is 5.10 Å². The van der Waals surface area contributed by atoms with Crippen LogP contribution in [0.2, 0.25) is 5.15 Å². The van der Waals surface area contributed by atoms with Gasteiger partial charge in [0.05, 0.1) is 17.4 Å². The molecule has 0 aliphatic carbocycles. The van der Waals surface area contributed by atoms with Crippen molar-refractivity contribution >= 4 is 17.5 Å². The molecule has 1 aliphatic rings. The minimum absolute atomic E-state index is 0.145. The fourth-order valence-electron chi connectivity index (χ4n) is 2.87. The maximum Gasteiger partial charge on any atom is 0.256 e. The highest BCUT2D eigenvalue weighted by Crippen LogP contribution is 2.25. The Bertz CT molecular complexity index is 536. The van der Waals surface area contributed by atoms with Crippen LogP contribution in [0.1, 0.15) is 55.1 Å². The van der Waals surface area contributed by atoms with Crippen LogP contribution >= 0.6 is 11.6 Å². The second-order valence-electron chi connectivity index (χ2n) is 6.51. The number of aliphatic hydroxyl groups excluding tert-OH is 1. The Balaban J connectivity index is 1.81. The third-order valence-corrected chi connectivity index (χ3v) is 4.71. The smallest absolute Gasteiger partial charge is 0.256 e. The van der Waals surface area contributed by atoms with Crippen LogP contribution in [-0.2, 0) is 7.05 Å². The van der Waals surface area contributed by atoms with Crippen LogP contribution in [0.5, 0.6) is 0 Å². The van der Waals surface area contributed by atoms with E-state index in [-0.39, 0.29) is 17.9 Å². The number of likely N-dealkylation sites (tertiary alicyclic amines) is 1. The number of amides is 1. The third kappa shape index (κ3) is 4.68. The van der Waals surface area contributed by atoms with Crippen molar-refractivity contribution in [3.63, 3.8) is 0 Å². The Morgan fingerprint density at radius 3 is 2.70 bits per heavy atom. The molecule has 0 atom stereocenters. The van der Waals surface area contributed by atoms with Gasteiger partial charge in [0.15, 0.2) is 0 Å². The maximum absolute atomic E-state index is 12.4. The number of hydrogen-bond acceptors (Lipinski definition) is 4. The monoisotopic (exact) mass is 342 g/mol. The quantitative estimate of drug-likeness (QED) is 0.773. The molecular formula is C16H27ClN4O2. The number of aryl methyl sites for hydroxylation is 1. The van der Waals surface area contributed by atoms with E-state index in [9.17, 15) is 9.90 Å². The molecule has 2 heterocycles. The average molecular weight is 343 g/mol. The fourth-order valence-corrected chi connectivity index (χ4v) is 3.09. The minimum Gasteiger partial charge on any atom is -0.393 e. The molecule has 1 aromatic heterocycles. The average Bonchev–Trinajstić information content (AvgIpc) is 2.81. The van der Waals surface area contributed by atoms with Crippen LogP contribution in [0.3, 0.4) is 0 Å². The summed E-state index contributed by atoms with van der Waals surface area (Å²) in [7, 11) is 1.75. The van der Waals surface area contributed by atoms with Crippen LogP contribution in [0.15, 0.2) is 0 Å². The largest absolute Gasteiger partial charge is 0.393 e. The predicted molar refractivity (Wildman–Crippen MR) is 90.9 cm³/mol. The SMILES string of the molecule is CC(C)c1nn(C)c(Cl)c1C(=O)NCCCN1CCC(O)CC1. The van der Waals surface area contributed by atoms with E-state index in [2.05, 4.69) is 15.3 Å². The second-order valence-corrected chi connectivity index (χ2v) is 6.87. The highest BCUT2D eigenvalue weighted by atomic mass is 35.5. The van der Waals surface area contributed by atoms with Crippen molar-refractivity contribution in [3.8, 4) is 0 Å². The molecule has 0 saturated carbocycles. The number of carbonyl (C=O) groups is 1. The van der Waals surface area contributed by atoms with Gasteiger partial charge in [-0.1, -0.05) is 25.4 Å². The summed E-state index contributed by atoms with van der Waals surface area (Å²) < 4.78 is 1.55. The summed E-state index contributed by atoms with van der Waals surface area (Å²) in [6.45, 7) is 7.41.